The summed E-state index contributed by atoms with van der Waals surface area (Å²) >= 11 is 3.26. The summed E-state index contributed by atoms with van der Waals surface area (Å²) in [6.45, 7) is 1.86. The van der Waals surface area contributed by atoms with Crippen LogP contribution in [0.4, 0.5) is 4.39 Å². The first kappa shape index (κ1) is 10.3. The van der Waals surface area contributed by atoms with Crippen molar-refractivity contribution in [1.82, 2.24) is 0 Å². The molecule has 1 aromatic carbocycles. The van der Waals surface area contributed by atoms with Gasteiger partial charge >= 0.3 is 0 Å². The molecule has 1 rings (SSSR count). The van der Waals surface area contributed by atoms with E-state index < -0.39 is 0 Å². The van der Waals surface area contributed by atoms with Crippen molar-refractivity contribution in [3.05, 3.63) is 35.1 Å². The Labute approximate surface area is 86.3 Å². The first-order valence-electron chi connectivity index (χ1n) is 4.05. The summed E-state index contributed by atoms with van der Waals surface area (Å²) < 4.78 is 13.2. The highest BCUT2D eigenvalue weighted by Gasteiger charge is 2.00. The van der Waals surface area contributed by atoms with Gasteiger partial charge in [-0.15, -0.1) is 0 Å². The molecule has 2 heteroatoms. The molecule has 0 nitrogen and oxygen atoms in total. The first-order chi connectivity index (χ1) is 6.25. The molecule has 0 saturated heterocycles. The quantitative estimate of drug-likeness (QED) is 0.523. The molecule has 13 heavy (non-hydrogen) atoms. The molecule has 0 atom stereocenters. The van der Waals surface area contributed by atoms with Gasteiger partial charge in [0.25, 0.3) is 0 Å². The summed E-state index contributed by atoms with van der Waals surface area (Å²) in [6.07, 6.45) is 0.744. The van der Waals surface area contributed by atoms with Crippen LogP contribution in [0.3, 0.4) is 0 Å². The summed E-state index contributed by atoms with van der Waals surface area (Å²) in [5.74, 6) is 5.49. The fourth-order valence-corrected chi connectivity index (χ4v) is 1.19. The number of alkyl halides is 1. The predicted octanol–water partition coefficient (Wildman–Crippen LogP) is 3.27. The summed E-state index contributed by atoms with van der Waals surface area (Å²) in [4.78, 5) is 0. The molecule has 0 aliphatic carbocycles. The van der Waals surface area contributed by atoms with E-state index in [1.54, 1.807) is 6.07 Å². The molecule has 0 unspecified atom stereocenters. The van der Waals surface area contributed by atoms with Crippen LogP contribution in [-0.4, -0.2) is 5.33 Å². The molecular formula is C11H10BrF. The summed E-state index contributed by atoms with van der Waals surface area (Å²) in [6, 6.07) is 4.99. The lowest BCUT2D eigenvalue weighted by Crippen LogP contribution is -1.87. The van der Waals surface area contributed by atoms with Gasteiger partial charge in [-0.25, -0.2) is 4.39 Å². The van der Waals surface area contributed by atoms with Crippen LogP contribution in [0.5, 0.6) is 0 Å². The van der Waals surface area contributed by atoms with Crippen LogP contribution < -0.4 is 0 Å². The molecule has 1 aromatic rings. The van der Waals surface area contributed by atoms with Gasteiger partial charge in [-0.05, 0) is 18.6 Å². The third-order valence-corrected chi connectivity index (χ3v) is 2.05. The second-order valence-electron chi connectivity index (χ2n) is 2.67. The Morgan fingerprint density at radius 1 is 1.46 bits per heavy atom. The number of rotatable bonds is 1. The van der Waals surface area contributed by atoms with E-state index >= 15 is 0 Å². The lowest BCUT2D eigenvalue weighted by atomic mass is 10.1. The van der Waals surface area contributed by atoms with Crippen molar-refractivity contribution in [3.63, 3.8) is 0 Å². The SMILES string of the molecule is Cc1cccc(F)c1C#CCCBr. The zero-order chi connectivity index (χ0) is 9.68. The first-order valence-corrected chi connectivity index (χ1v) is 5.18. The Balaban J connectivity index is 2.95. The molecule has 0 radical (unpaired) electrons. The van der Waals surface area contributed by atoms with E-state index in [0.717, 1.165) is 17.3 Å². The Morgan fingerprint density at radius 3 is 2.85 bits per heavy atom. The van der Waals surface area contributed by atoms with Crippen molar-refractivity contribution >= 4 is 15.9 Å². The summed E-state index contributed by atoms with van der Waals surface area (Å²) in [5, 5.41) is 0.827. The van der Waals surface area contributed by atoms with E-state index in [4.69, 9.17) is 0 Å². The zero-order valence-corrected chi connectivity index (χ0v) is 8.99. The standard InChI is InChI=1S/C11H10BrF/c1-9-5-4-7-11(13)10(9)6-2-3-8-12/h4-5,7H,3,8H2,1H3. The highest BCUT2D eigenvalue weighted by molar-refractivity contribution is 9.09. The Hall–Kier alpha value is -0.810. The van der Waals surface area contributed by atoms with E-state index in [2.05, 4.69) is 27.8 Å². The molecule has 0 fully saturated rings. The molecule has 68 valence electrons. The molecule has 0 bridgehead atoms. The van der Waals surface area contributed by atoms with Crippen LogP contribution >= 0.6 is 15.9 Å². The highest BCUT2D eigenvalue weighted by atomic mass is 79.9. The van der Waals surface area contributed by atoms with Gasteiger partial charge < -0.3 is 0 Å². The maximum atomic E-state index is 13.2. The highest BCUT2D eigenvalue weighted by Crippen LogP contribution is 2.10. The Morgan fingerprint density at radius 2 is 2.23 bits per heavy atom. The largest absolute Gasteiger partial charge is 0.206 e. The van der Waals surface area contributed by atoms with E-state index in [9.17, 15) is 4.39 Å². The molecular weight excluding hydrogens is 231 g/mol. The van der Waals surface area contributed by atoms with Crippen molar-refractivity contribution < 1.29 is 4.39 Å². The number of halogens is 2. The van der Waals surface area contributed by atoms with E-state index in [-0.39, 0.29) is 5.82 Å². The number of hydrogen-bond donors (Lipinski definition) is 0. The van der Waals surface area contributed by atoms with Crippen molar-refractivity contribution in [2.24, 2.45) is 0 Å². The molecule has 0 saturated carbocycles. The van der Waals surface area contributed by atoms with Crippen molar-refractivity contribution in [2.45, 2.75) is 13.3 Å². The summed E-state index contributed by atoms with van der Waals surface area (Å²) in [5.41, 5.74) is 1.41. The number of benzene rings is 1. The van der Waals surface area contributed by atoms with Gasteiger partial charge in [0.2, 0.25) is 0 Å². The lowest BCUT2D eigenvalue weighted by molar-refractivity contribution is 0.623. The number of aryl methyl sites for hydroxylation is 1. The molecule has 0 spiro atoms. The second kappa shape index (κ2) is 5.04. The third-order valence-electron chi connectivity index (χ3n) is 1.65. The molecule has 0 aromatic heterocycles. The minimum absolute atomic E-state index is 0.234. The van der Waals surface area contributed by atoms with Gasteiger partial charge in [0, 0.05) is 11.8 Å². The zero-order valence-electron chi connectivity index (χ0n) is 7.40. The second-order valence-corrected chi connectivity index (χ2v) is 3.47. The van der Waals surface area contributed by atoms with Crippen molar-refractivity contribution in [3.8, 4) is 11.8 Å². The van der Waals surface area contributed by atoms with Gasteiger partial charge in [-0.2, -0.15) is 0 Å². The molecule has 0 heterocycles. The van der Waals surface area contributed by atoms with Crippen LogP contribution in [0.25, 0.3) is 0 Å². The van der Waals surface area contributed by atoms with Gasteiger partial charge in [0.1, 0.15) is 5.82 Å². The average Bonchev–Trinajstić information content (AvgIpc) is 2.10. The maximum Gasteiger partial charge on any atom is 0.139 e. The smallest absolute Gasteiger partial charge is 0.139 e. The molecule has 0 amide bonds. The van der Waals surface area contributed by atoms with Crippen LogP contribution in [-0.2, 0) is 0 Å². The molecule has 0 aliphatic rings. The molecule has 0 N–H and O–H groups in total. The van der Waals surface area contributed by atoms with Crippen LogP contribution in [0.1, 0.15) is 17.5 Å². The minimum atomic E-state index is -0.234. The monoisotopic (exact) mass is 240 g/mol. The van der Waals surface area contributed by atoms with E-state index in [0.29, 0.717) is 5.56 Å². The van der Waals surface area contributed by atoms with Crippen LogP contribution in [0.15, 0.2) is 18.2 Å². The fourth-order valence-electron chi connectivity index (χ4n) is 0.988. The van der Waals surface area contributed by atoms with E-state index in [1.807, 2.05) is 13.0 Å². The van der Waals surface area contributed by atoms with Crippen LogP contribution in [0.2, 0.25) is 0 Å². The average molecular weight is 241 g/mol. The normalized spacial score (nSPS) is 9.15. The summed E-state index contributed by atoms with van der Waals surface area (Å²) in [7, 11) is 0. The van der Waals surface area contributed by atoms with E-state index in [1.165, 1.54) is 6.07 Å². The van der Waals surface area contributed by atoms with Gasteiger partial charge in [0.15, 0.2) is 0 Å². The van der Waals surface area contributed by atoms with Crippen molar-refractivity contribution in [2.75, 3.05) is 5.33 Å². The van der Waals surface area contributed by atoms with Gasteiger partial charge in [-0.1, -0.05) is 39.9 Å². The Kier molecular flexibility index (Phi) is 3.98. The van der Waals surface area contributed by atoms with Crippen molar-refractivity contribution in [1.29, 1.82) is 0 Å². The lowest BCUT2D eigenvalue weighted by Gasteiger charge is -1.97. The van der Waals surface area contributed by atoms with Gasteiger partial charge in [0.05, 0.1) is 5.56 Å². The Bertz CT molecular complexity index is 327. The molecule has 0 aliphatic heterocycles. The third kappa shape index (κ3) is 2.86. The van der Waals surface area contributed by atoms with Gasteiger partial charge in [-0.3, -0.25) is 0 Å². The predicted molar refractivity (Wildman–Crippen MR) is 56.4 cm³/mol. The van der Waals surface area contributed by atoms with Crippen LogP contribution in [0, 0.1) is 24.6 Å². The minimum Gasteiger partial charge on any atom is -0.206 e. The fraction of sp³-hybridized carbons (Fsp3) is 0.273. The topological polar surface area (TPSA) is 0 Å². The maximum absolute atomic E-state index is 13.2. The number of hydrogen-bond acceptors (Lipinski definition) is 0.